The molecule has 0 radical (unpaired) electrons. The number of hydrogen-bond donors (Lipinski definition) is 1. The molecule has 1 aromatic heterocycles. The van der Waals surface area contributed by atoms with Crippen LogP contribution in [0.5, 0.6) is 0 Å². The van der Waals surface area contributed by atoms with E-state index in [4.69, 9.17) is 5.73 Å². The van der Waals surface area contributed by atoms with E-state index in [1.54, 1.807) is 48.7 Å². The second kappa shape index (κ2) is 5.50. The average Bonchev–Trinajstić information content (AvgIpc) is 2.40. The van der Waals surface area contributed by atoms with Gasteiger partial charge in [0.05, 0.1) is 22.4 Å². The third-order valence-corrected chi connectivity index (χ3v) is 4.64. The first-order valence-corrected chi connectivity index (χ1v) is 7.60. The number of aryl methyl sites for hydroxylation is 1. The molecule has 0 saturated carbocycles. The third-order valence-electron chi connectivity index (χ3n) is 2.85. The molecule has 1 atom stereocenters. The molecule has 0 fully saturated rings. The highest BCUT2D eigenvalue weighted by Crippen LogP contribution is 2.17. The standard InChI is InChI=1S/C14H16N2O2S/c1-11-5-7-12(8-6-11)19(17,18)10-13(15)14-4-2-3-9-16-14/h2-9,13H,10,15H2,1H3. The summed E-state index contributed by atoms with van der Waals surface area (Å²) in [6, 6.07) is 11.4. The number of pyridine rings is 1. The fourth-order valence-corrected chi connectivity index (χ4v) is 3.15. The van der Waals surface area contributed by atoms with Crippen molar-refractivity contribution in [2.45, 2.75) is 17.9 Å². The summed E-state index contributed by atoms with van der Waals surface area (Å²) in [5, 5.41) is 0. The highest BCUT2D eigenvalue weighted by atomic mass is 32.2. The van der Waals surface area contributed by atoms with Crippen LogP contribution in [0.2, 0.25) is 0 Å². The van der Waals surface area contributed by atoms with Gasteiger partial charge in [-0.25, -0.2) is 8.42 Å². The van der Waals surface area contributed by atoms with Gasteiger partial charge in [0.25, 0.3) is 0 Å². The summed E-state index contributed by atoms with van der Waals surface area (Å²) in [6.07, 6.45) is 1.60. The Hall–Kier alpha value is -1.72. The molecule has 0 aliphatic carbocycles. The molecule has 19 heavy (non-hydrogen) atoms. The topological polar surface area (TPSA) is 73.0 Å². The molecular weight excluding hydrogens is 260 g/mol. The van der Waals surface area contributed by atoms with Crippen LogP contribution in [-0.4, -0.2) is 19.2 Å². The Morgan fingerprint density at radius 1 is 1.16 bits per heavy atom. The molecule has 1 unspecified atom stereocenters. The van der Waals surface area contributed by atoms with Crippen LogP contribution in [0.25, 0.3) is 0 Å². The Morgan fingerprint density at radius 3 is 2.42 bits per heavy atom. The van der Waals surface area contributed by atoms with Crippen LogP contribution < -0.4 is 5.73 Å². The monoisotopic (exact) mass is 276 g/mol. The lowest BCUT2D eigenvalue weighted by atomic mass is 10.2. The summed E-state index contributed by atoms with van der Waals surface area (Å²) in [6.45, 7) is 1.91. The Bertz CT molecular complexity index is 637. The lowest BCUT2D eigenvalue weighted by Crippen LogP contribution is -2.22. The molecule has 1 heterocycles. The van der Waals surface area contributed by atoms with E-state index >= 15 is 0 Å². The van der Waals surface area contributed by atoms with Crippen molar-refractivity contribution in [2.75, 3.05) is 5.75 Å². The number of rotatable bonds is 4. The highest BCUT2D eigenvalue weighted by Gasteiger charge is 2.20. The van der Waals surface area contributed by atoms with Gasteiger partial charge < -0.3 is 5.73 Å². The predicted octanol–water partition coefficient (Wildman–Crippen LogP) is 1.86. The first-order valence-electron chi connectivity index (χ1n) is 5.95. The zero-order valence-corrected chi connectivity index (χ0v) is 11.5. The van der Waals surface area contributed by atoms with Crippen LogP contribution in [0, 0.1) is 6.92 Å². The van der Waals surface area contributed by atoms with Crippen molar-refractivity contribution in [2.24, 2.45) is 5.73 Å². The number of nitrogens with two attached hydrogens (primary N) is 1. The Labute approximate surface area is 113 Å². The Balaban J connectivity index is 2.20. The predicted molar refractivity (Wildman–Crippen MR) is 74.4 cm³/mol. The molecule has 100 valence electrons. The minimum Gasteiger partial charge on any atom is -0.322 e. The number of sulfone groups is 1. The maximum Gasteiger partial charge on any atom is 0.180 e. The second-order valence-corrected chi connectivity index (χ2v) is 6.49. The fourth-order valence-electron chi connectivity index (χ4n) is 1.76. The number of benzene rings is 1. The molecular formula is C14H16N2O2S. The van der Waals surface area contributed by atoms with E-state index in [2.05, 4.69) is 4.98 Å². The SMILES string of the molecule is Cc1ccc(S(=O)(=O)CC(N)c2ccccn2)cc1. The van der Waals surface area contributed by atoms with Gasteiger partial charge in [-0.05, 0) is 31.2 Å². The van der Waals surface area contributed by atoms with Gasteiger partial charge in [-0.2, -0.15) is 0 Å². The summed E-state index contributed by atoms with van der Waals surface area (Å²) in [5.74, 6) is -0.146. The van der Waals surface area contributed by atoms with Gasteiger partial charge in [0.15, 0.2) is 9.84 Å². The van der Waals surface area contributed by atoms with Crippen molar-refractivity contribution in [3.05, 3.63) is 59.9 Å². The largest absolute Gasteiger partial charge is 0.322 e. The lowest BCUT2D eigenvalue weighted by molar-refractivity contribution is 0.587. The molecule has 0 bridgehead atoms. The van der Waals surface area contributed by atoms with Gasteiger partial charge in [0, 0.05) is 6.20 Å². The van der Waals surface area contributed by atoms with Crippen molar-refractivity contribution in [1.82, 2.24) is 4.98 Å². The van der Waals surface area contributed by atoms with Crippen LogP contribution in [0.15, 0.2) is 53.6 Å². The molecule has 4 nitrogen and oxygen atoms in total. The maximum atomic E-state index is 12.2. The number of nitrogens with zero attached hydrogens (tertiary/aromatic N) is 1. The fraction of sp³-hybridized carbons (Fsp3) is 0.214. The van der Waals surface area contributed by atoms with Gasteiger partial charge >= 0.3 is 0 Å². The molecule has 0 aliphatic heterocycles. The first-order chi connectivity index (χ1) is 8.99. The highest BCUT2D eigenvalue weighted by molar-refractivity contribution is 7.91. The van der Waals surface area contributed by atoms with Crippen molar-refractivity contribution >= 4 is 9.84 Å². The third kappa shape index (κ3) is 3.39. The van der Waals surface area contributed by atoms with E-state index in [1.165, 1.54) is 0 Å². The second-order valence-electron chi connectivity index (χ2n) is 4.46. The minimum atomic E-state index is -3.39. The van der Waals surface area contributed by atoms with Crippen molar-refractivity contribution in [1.29, 1.82) is 0 Å². The molecule has 0 aliphatic rings. The van der Waals surface area contributed by atoms with Crippen molar-refractivity contribution in [3.63, 3.8) is 0 Å². The average molecular weight is 276 g/mol. The van der Waals surface area contributed by atoms with E-state index in [9.17, 15) is 8.42 Å². The molecule has 1 aromatic carbocycles. The quantitative estimate of drug-likeness (QED) is 0.925. The number of aromatic nitrogens is 1. The summed E-state index contributed by atoms with van der Waals surface area (Å²) in [4.78, 5) is 4.38. The van der Waals surface area contributed by atoms with Gasteiger partial charge in [-0.1, -0.05) is 23.8 Å². The van der Waals surface area contributed by atoms with Gasteiger partial charge in [-0.15, -0.1) is 0 Å². The van der Waals surface area contributed by atoms with E-state index in [0.29, 0.717) is 10.6 Å². The van der Waals surface area contributed by atoms with Crippen LogP contribution in [0.4, 0.5) is 0 Å². The Kier molecular flexibility index (Phi) is 3.97. The van der Waals surface area contributed by atoms with E-state index in [-0.39, 0.29) is 5.75 Å². The Morgan fingerprint density at radius 2 is 1.84 bits per heavy atom. The van der Waals surface area contributed by atoms with Gasteiger partial charge in [-0.3, -0.25) is 4.98 Å². The molecule has 2 N–H and O–H groups in total. The van der Waals surface area contributed by atoms with Gasteiger partial charge in [0.2, 0.25) is 0 Å². The summed E-state index contributed by atoms with van der Waals surface area (Å²) >= 11 is 0. The molecule has 2 rings (SSSR count). The summed E-state index contributed by atoms with van der Waals surface area (Å²) in [5.41, 5.74) is 7.51. The zero-order chi connectivity index (χ0) is 13.9. The van der Waals surface area contributed by atoms with E-state index in [0.717, 1.165) is 5.56 Å². The molecule has 0 saturated heterocycles. The van der Waals surface area contributed by atoms with E-state index in [1.807, 2.05) is 6.92 Å². The van der Waals surface area contributed by atoms with Crippen LogP contribution in [0.1, 0.15) is 17.3 Å². The van der Waals surface area contributed by atoms with Crippen LogP contribution >= 0.6 is 0 Å². The van der Waals surface area contributed by atoms with Crippen LogP contribution in [0.3, 0.4) is 0 Å². The normalized spacial score (nSPS) is 13.2. The zero-order valence-electron chi connectivity index (χ0n) is 10.7. The molecule has 0 amide bonds. The van der Waals surface area contributed by atoms with Crippen LogP contribution in [-0.2, 0) is 9.84 Å². The van der Waals surface area contributed by atoms with E-state index < -0.39 is 15.9 Å². The lowest BCUT2D eigenvalue weighted by Gasteiger charge is -2.11. The first kappa shape index (κ1) is 13.7. The maximum absolute atomic E-state index is 12.2. The number of hydrogen-bond acceptors (Lipinski definition) is 4. The van der Waals surface area contributed by atoms with Gasteiger partial charge in [0.1, 0.15) is 0 Å². The molecule has 2 aromatic rings. The molecule has 0 spiro atoms. The van der Waals surface area contributed by atoms with Crippen molar-refractivity contribution in [3.8, 4) is 0 Å². The summed E-state index contributed by atoms with van der Waals surface area (Å²) < 4.78 is 24.4. The minimum absolute atomic E-state index is 0.146. The smallest absolute Gasteiger partial charge is 0.180 e. The molecule has 5 heteroatoms. The summed E-state index contributed by atoms with van der Waals surface area (Å²) in [7, 11) is -3.39. The van der Waals surface area contributed by atoms with Crippen molar-refractivity contribution < 1.29 is 8.42 Å².